The van der Waals surface area contributed by atoms with Gasteiger partial charge in [-0.25, -0.2) is 0 Å². The van der Waals surface area contributed by atoms with Gasteiger partial charge in [0, 0.05) is 16.3 Å². The monoisotopic (exact) mass is 289 g/mol. The lowest BCUT2D eigenvalue weighted by Crippen LogP contribution is -1.92. The average Bonchev–Trinajstić information content (AvgIpc) is 2.46. The number of hydrogen-bond acceptors (Lipinski definition) is 4. The summed E-state index contributed by atoms with van der Waals surface area (Å²) in [7, 11) is 3.29. The van der Waals surface area contributed by atoms with E-state index in [4.69, 9.17) is 15.2 Å². The van der Waals surface area contributed by atoms with E-state index >= 15 is 0 Å². The molecule has 0 amide bonds. The van der Waals surface area contributed by atoms with Crippen LogP contribution in [0.1, 0.15) is 11.1 Å². The van der Waals surface area contributed by atoms with Gasteiger partial charge in [0.25, 0.3) is 0 Å². The zero-order valence-electron chi connectivity index (χ0n) is 12.0. The van der Waals surface area contributed by atoms with Crippen LogP contribution in [0.3, 0.4) is 0 Å². The highest BCUT2D eigenvalue weighted by atomic mass is 32.2. The van der Waals surface area contributed by atoms with E-state index in [-0.39, 0.29) is 0 Å². The Morgan fingerprint density at radius 2 is 1.75 bits per heavy atom. The third-order valence-corrected chi connectivity index (χ3v) is 4.29. The molecule has 2 aromatic rings. The molecule has 0 aromatic heterocycles. The van der Waals surface area contributed by atoms with E-state index in [1.165, 1.54) is 16.0 Å². The first kappa shape index (κ1) is 14.6. The third kappa shape index (κ3) is 3.39. The number of aryl methyl sites for hydroxylation is 1. The van der Waals surface area contributed by atoms with Crippen molar-refractivity contribution < 1.29 is 9.47 Å². The summed E-state index contributed by atoms with van der Waals surface area (Å²) >= 11 is 1.79. The first-order valence-electron chi connectivity index (χ1n) is 6.34. The number of thioether (sulfide) groups is 1. The van der Waals surface area contributed by atoms with Gasteiger partial charge in [-0.3, -0.25) is 0 Å². The Hall–Kier alpha value is -1.81. The molecule has 0 fully saturated rings. The summed E-state index contributed by atoms with van der Waals surface area (Å²) < 4.78 is 10.6. The number of benzene rings is 2. The second-order valence-electron chi connectivity index (χ2n) is 4.50. The summed E-state index contributed by atoms with van der Waals surface area (Å²) in [5.74, 6) is 2.40. The maximum atomic E-state index is 5.76. The zero-order valence-corrected chi connectivity index (χ0v) is 12.8. The van der Waals surface area contributed by atoms with Crippen molar-refractivity contribution in [3.8, 4) is 11.5 Å². The van der Waals surface area contributed by atoms with E-state index in [9.17, 15) is 0 Å². The summed E-state index contributed by atoms with van der Waals surface area (Å²) in [6, 6.07) is 12.0. The Morgan fingerprint density at radius 3 is 2.40 bits per heavy atom. The number of hydrogen-bond donors (Lipinski definition) is 1. The Kier molecular flexibility index (Phi) is 4.79. The normalized spacial score (nSPS) is 10.3. The van der Waals surface area contributed by atoms with Crippen molar-refractivity contribution in [2.75, 3.05) is 20.0 Å². The molecule has 4 heteroatoms. The van der Waals surface area contributed by atoms with Crippen LogP contribution < -0.4 is 15.2 Å². The molecular formula is C16H19NO2S. The van der Waals surface area contributed by atoms with Crippen molar-refractivity contribution >= 4 is 17.4 Å². The SMILES string of the molecule is COc1ccc(CSc2ccc(N)cc2C)cc1OC. The highest BCUT2D eigenvalue weighted by molar-refractivity contribution is 7.98. The van der Waals surface area contributed by atoms with Gasteiger partial charge in [0.1, 0.15) is 0 Å². The Labute approximate surface area is 124 Å². The van der Waals surface area contributed by atoms with E-state index in [2.05, 4.69) is 19.1 Å². The van der Waals surface area contributed by atoms with Crippen molar-refractivity contribution in [1.29, 1.82) is 0 Å². The van der Waals surface area contributed by atoms with E-state index in [1.807, 2.05) is 24.3 Å². The van der Waals surface area contributed by atoms with Crippen molar-refractivity contribution in [1.82, 2.24) is 0 Å². The average molecular weight is 289 g/mol. The van der Waals surface area contributed by atoms with E-state index in [1.54, 1.807) is 26.0 Å². The van der Waals surface area contributed by atoms with Gasteiger partial charge in [0.05, 0.1) is 14.2 Å². The lowest BCUT2D eigenvalue weighted by molar-refractivity contribution is 0.354. The maximum Gasteiger partial charge on any atom is 0.161 e. The van der Waals surface area contributed by atoms with Gasteiger partial charge in [0.2, 0.25) is 0 Å². The van der Waals surface area contributed by atoms with Crippen LogP contribution in [-0.2, 0) is 5.75 Å². The third-order valence-electron chi connectivity index (χ3n) is 3.04. The Morgan fingerprint density at radius 1 is 1.00 bits per heavy atom. The van der Waals surface area contributed by atoms with E-state index < -0.39 is 0 Å². The van der Waals surface area contributed by atoms with Crippen molar-refractivity contribution in [2.45, 2.75) is 17.6 Å². The minimum absolute atomic E-state index is 0.755. The topological polar surface area (TPSA) is 44.5 Å². The van der Waals surface area contributed by atoms with Crippen LogP contribution in [0.2, 0.25) is 0 Å². The van der Waals surface area contributed by atoms with Crippen molar-refractivity contribution in [2.24, 2.45) is 0 Å². The fourth-order valence-corrected chi connectivity index (χ4v) is 2.92. The summed E-state index contributed by atoms with van der Waals surface area (Å²) in [6.45, 7) is 2.08. The van der Waals surface area contributed by atoms with Gasteiger partial charge in [-0.15, -0.1) is 11.8 Å². The number of nitrogen functional groups attached to an aromatic ring is 1. The van der Waals surface area contributed by atoms with Crippen LogP contribution in [0.15, 0.2) is 41.3 Å². The Bertz CT molecular complexity index is 599. The molecule has 2 aromatic carbocycles. The first-order valence-corrected chi connectivity index (χ1v) is 7.32. The highest BCUT2D eigenvalue weighted by Crippen LogP contribution is 2.32. The van der Waals surface area contributed by atoms with Crippen LogP contribution in [0.4, 0.5) is 5.69 Å². The van der Waals surface area contributed by atoms with E-state index in [0.29, 0.717) is 0 Å². The van der Waals surface area contributed by atoms with Crippen molar-refractivity contribution in [3.63, 3.8) is 0 Å². The minimum Gasteiger partial charge on any atom is -0.493 e. The summed E-state index contributed by atoms with van der Waals surface area (Å²) in [4.78, 5) is 1.24. The number of ether oxygens (including phenoxy) is 2. The molecule has 0 aliphatic rings. The maximum absolute atomic E-state index is 5.76. The first-order chi connectivity index (χ1) is 9.63. The predicted octanol–water partition coefficient (Wildman–Crippen LogP) is 3.89. The highest BCUT2D eigenvalue weighted by Gasteiger charge is 2.06. The second kappa shape index (κ2) is 6.57. The van der Waals surface area contributed by atoms with Crippen LogP contribution >= 0.6 is 11.8 Å². The molecular weight excluding hydrogens is 270 g/mol. The molecule has 0 bridgehead atoms. The van der Waals surface area contributed by atoms with E-state index in [0.717, 1.165) is 22.9 Å². The molecule has 0 aliphatic carbocycles. The lowest BCUT2D eigenvalue weighted by Gasteiger charge is -2.10. The Balaban J connectivity index is 2.10. The van der Waals surface area contributed by atoms with Crippen LogP contribution in [0, 0.1) is 6.92 Å². The van der Waals surface area contributed by atoms with Gasteiger partial charge < -0.3 is 15.2 Å². The summed E-state index contributed by atoms with van der Waals surface area (Å²) in [6.07, 6.45) is 0. The molecule has 20 heavy (non-hydrogen) atoms. The quantitative estimate of drug-likeness (QED) is 0.670. The number of rotatable bonds is 5. The van der Waals surface area contributed by atoms with Gasteiger partial charge in [0.15, 0.2) is 11.5 Å². The van der Waals surface area contributed by atoms with Gasteiger partial charge >= 0.3 is 0 Å². The van der Waals surface area contributed by atoms with Gasteiger partial charge in [-0.1, -0.05) is 6.07 Å². The smallest absolute Gasteiger partial charge is 0.161 e. The molecule has 0 atom stereocenters. The molecule has 0 heterocycles. The molecule has 0 spiro atoms. The minimum atomic E-state index is 0.755. The summed E-state index contributed by atoms with van der Waals surface area (Å²) in [5.41, 5.74) is 8.97. The molecule has 3 nitrogen and oxygen atoms in total. The van der Waals surface area contributed by atoms with Crippen molar-refractivity contribution in [3.05, 3.63) is 47.5 Å². The molecule has 2 rings (SSSR count). The molecule has 0 radical (unpaired) electrons. The predicted molar refractivity (Wildman–Crippen MR) is 84.7 cm³/mol. The fraction of sp³-hybridized carbons (Fsp3) is 0.250. The van der Waals surface area contributed by atoms with Crippen LogP contribution in [-0.4, -0.2) is 14.2 Å². The molecule has 2 N–H and O–H groups in total. The molecule has 0 saturated heterocycles. The summed E-state index contributed by atoms with van der Waals surface area (Å²) in [5, 5.41) is 0. The standard InChI is InChI=1S/C16H19NO2S/c1-11-8-13(17)5-7-16(11)20-10-12-4-6-14(18-2)15(9-12)19-3/h4-9H,10,17H2,1-3H3. The molecule has 0 unspecified atom stereocenters. The largest absolute Gasteiger partial charge is 0.493 e. The number of methoxy groups -OCH3 is 2. The number of anilines is 1. The van der Waals surface area contributed by atoms with Gasteiger partial charge in [-0.05, 0) is 48.4 Å². The number of nitrogens with two attached hydrogens (primary N) is 1. The molecule has 0 aliphatic heterocycles. The van der Waals surface area contributed by atoms with Gasteiger partial charge in [-0.2, -0.15) is 0 Å². The second-order valence-corrected chi connectivity index (χ2v) is 5.52. The lowest BCUT2D eigenvalue weighted by atomic mass is 10.2. The molecule has 0 saturated carbocycles. The van der Waals surface area contributed by atoms with Crippen LogP contribution in [0.5, 0.6) is 11.5 Å². The fourth-order valence-electron chi connectivity index (χ4n) is 1.97. The molecule has 106 valence electrons. The van der Waals surface area contributed by atoms with Crippen LogP contribution in [0.25, 0.3) is 0 Å². The zero-order chi connectivity index (χ0) is 14.5.